The van der Waals surface area contributed by atoms with Crippen LogP contribution in [0.1, 0.15) is 16.5 Å². The summed E-state index contributed by atoms with van der Waals surface area (Å²) in [5, 5.41) is 3.18. The van der Waals surface area contributed by atoms with Crippen molar-refractivity contribution in [1.29, 1.82) is 0 Å². The summed E-state index contributed by atoms with van der Waals surface area (Å²) in [6.45, 7) is 2.01. The molecule has 3 aromatic rings. The van der Waals surface area contributed by atoms with Crippen molar-refractivity contribution in [2.75, 3.05) is 0 Å². The quantitative estimate of drug-likeness (QED) is 0.734. The second-order valence-corrected chi connectivity index (χ2v) is 4.70. The summed E-state index contributed by atoms with van der Waals surface area (Å²) in [6, 6.07) is 8.07. The summed E-state index contributed by atoms with van der Waals surface area (Å²) in [5.41, 5.74) is 3.19. The van der Waals surface area contributed by atoms with Gasteiger partial charge in [-0.3, -0.25) is 0 Å². The first-order valence-corrected chi connectivity index (χ1v) is 6.04. The second kappa shape index (κ2) is 3.72. The molecule has 4 heteroatoms. The normalized spacial score (nSPS) is 11.1. The molecule has 0 amide bonds. The predicted molar refractivity (Wildman–Crippen MR) is 65.8 cm³/mol. The van der Waals surface area contributed by atoms with Crippen molar-refractivity contribution in [3.05, 3.63) is 46.2 Å². The van der Waals surface area contributed by atoms with E-state index in [0.29, 0.717) is 0 Å². The van der Waals surface area contributed by atoms with Gasteiger partial charge in [-0.05, 0) is 19.1 Å². The Hall–Kier alpha value is -1.68. The van der Waals surface area contributed by atoms with Crippen LogP contribution < -0.4 is 0 Å². The number of aryl methyl sites for hydroxylation is 1. The highest BCUT2D eigenvalue weighted by molar-refractivity contribution is 7.09. The van der Waals surface area contributed by atoms with Crippen LogP contribution >= 0.6 is 11.3 Å². The van der Waals surface area contributed by atoms with E-state index in [2.05, 4.69) is 20.3 Å². The van der Waals surface area contributed by atoms with Gasteiger partial charge in [0.05, 0.1) is 17.5 Å². The number of hydrogen-bond donors (Lipinski definition) is 1. The maximum absolute atomic E-state index is 4.53. The third-order valence-corrected chi connectivity index (χ3v) is 3.39. The van der Waals surface area contributed by atoms with Crippen molar-refractivity contribution in [3.63, 3.8) is 0 Å². The lowest BCUT2D eigenvalue weighted by atomic mass is 10.3. The Balaban J connectivity index is 1.95. The van der Waals surface area contributed by atoms with Gasteiger partial charge in [-0.15, -0.1) is 11.3 Å². The molecule has 0 unspecified atom stereocenters. The Bertz CT molecular complexity index is 591. The highest BCUT2D eigenvalue weighted by atomic mass is 32.1. The maximum Gasteiger partial charge on any atom is 0.114 e. The van der Waals surface area contributed by atoms with Crippen LogP contribution in [0.25, 0.3) is 11.0 Å². The van der Waals surface area contributed by atoms with Gasteiger partial charge >= 0.3 is 0 Å². The molecule has 3 rings (SSSR count). The topological polar surface area (TPSA) is 41.6 Å². The van der Waals surface area contributed by atoms with E-state index in [1.807, 2.05) is 31.2 Å². The van der Waals surface area contributed by atoms with Crippen molar-refractivity contribution in [2.24, 2.45) is 0 Å². The summed E-state index contributed by atoms with van der Waals surface area (Å²) >= 11 is 1.68. The number of nitrogens with one attached hydrogen (secondary N) is 1. The number of aromatic amines is 1. The molecular formula is C12H11N3S. The fraction of sp³-hybridized carbons (Fsp3) is 0.167. The number of para-hydroxylation sites is 2. The number of benzene rings is 1. The Labute approximate surface area is 97.2 Å². The molecule has 1 aromatic carbocycles. The minimum absolute atomic E-state index is 0.785. The maximum atomic E-state index is 4.53. The summed E-state index contributed by atoms with van der Waals surface area (Å²) in [7, 11) is 0. The van der Waals surface area contributed by atoms with Gasteiger partial charge in [0.15, 0.2) is 0 Å². The lowest BCUT2D eigenvalue weighted by Crippen LogP contribution is -1.89. The van der Waals surface area contributed by atoms with Crippen LogP contribution in [0.15, 0.2) is 29.6 Å². The van der Waals surface area contributed by atoms with Crippen LogP contribution in [0.4, 0.5) is 0 Å². The van der Waals surface area contributed by atoms with Crippen LogP contribution in [0.2, 0.25) is 0 Å². The van der Waals surface area contributed by atoms with Crippen molar-refractivity contribution in [3.8, 4) is 0 Å². The zero-order valence-corrected chi connectivity index (χ0v) is 9.71. The van der Waals surface area contributed by atoms with E-state index in [4.69, 9.17) is 0 Å². The number of hydrogen-bond acceptors (Lipinski definition) is 3. The molecule has 3 nitrogen and oxygen atoms in total. The molecule has 0 aliphatic rings. The standard InChI is InChI=1S/C12H11N3S/c1-8-7-16-12(13-8)6-11-14-9-4-2-3-5-10(9)15-11/h2-5,7H,6H2,1H3,(H,14,15). The first-order valence-electron chi connectivity index (χ1n) is 5.16. The van der Waals surface area contributed by atoms with E-state index in [0.717, 1.165) is 34.0 Å². The van der Waals surface area contributed by atoms with Crippen LogP contribution in [-0.4, -0.2) is 15.0 Å². The molecule has 0 saturated heterocycles. The van der Waals surface area contributed by atoms with Gasteiger partial charge in [0.25, 0.3) is 0 Å². The minimum Gasteiger partial charge on any atom is -0.342 e. The smallest absolute Gasteiger partial charge is 0.114 e. The van der Waals surface area contributed by atoms with E-state index >= 15 is 0 Å². The van der Waals surface area contributed by atoms with Crippen molar-refractivity contribution >= 4 is 22.4 Å². The van der Waals surface area contributed by atoms with Gasteiger partial charge in [0.1, 0.15) is 10.8 Å². The molecule has 0 bridgehead atoms. The third kappa shape index (κ3) is 1.72. The summed E-state index contributed by atoms with van der Waals surface area (Å²) in [4.78, 5) is 12.3. The molecule has 0 aliphatic heterocycles. The van der Waals surface area contributed by atoms with Crippen LogP contribution in [0.3, 0.4) is 0 Å². The summed E-state index contributed by atoms with van der Waals surface area (Å²) in [6.07, 6.45) is 0.785. The average Bonchev–Trinajstić information content (AvgIpc) is 2.84. The molecule has 0 aliphatic carbocycles. The zero-order valence-electron chi connectivity index (χ0n) is 8.90. The summed E-state index contributed by atoms with van der Waals surface area (Å²) < 4.78 is 0. The number of nitrogens with zero attached hydrogens (tertiary/aromatic N) is 2. The SMILES string of the molecule is Cc1csc(Cc2nc3ccccc3[nH]2)n1. The molecule has 2 heterocycles. The predicted octanol–water partition coefficient (Wildman–Crippen LogP) is 2.92. The average molecular weight is 229 g/mol. The monoisotopic (exact) mass is 229 g/mol. The highest BCUT2D eigenvalue weighted by Gasteiger charge is 2.05. The Morgan fingerprint density at radius 1 is 1.25 bits per heavy atom. The van der Waals surface area contributed by atoms with E-state index in [1.165, 1.54) is 0 Å². The van der Waals surface area contributed by atoms with Gasteiger partial charge in [0.2, 0.25) is 0 Å². The highest BCUT2D eigenvalue weighted by Crippen LogP contribution is 2.15. The Kier molecular flexibility index (Phi) is 2.22. The fourth-order valence-corrected chi connectivity index (χ4v) is 2.49. The van der Waals surface area contributed by atoms with Gasteiger partial charge in [-0.2, -0.15) is 0 Å². The lowest BCUT2D eigenvalue weighted by Gasteiger charge is -1.89. The minimum atomic E-state index is 0.785. The molecular weight excluding hydrogens is 218 g/mol. The largest absolute Gasteiger partial charge is 0.342 e. The van der Waals surface area contributed by atoms with Gasteiger partial charge in [0, 0.05) is 11.1 Å². The summed E-state index contributed by atoms with van der Waals surface area (Å²) in [5.74, 6) is 0.982. The van der Waals surface area contributed by atoms with E-state index < -0.39 is 0 Å². The van der Waals surface area contributed by atoms with E-state index in [9.17, 15) is 0 Å². The molecule has 0 saturated carbocycles. The van der Waals surface area contributed by atoms with Gasteiger partial charge in [-0.1, -0.05) is 12.1 Å². The van der Waals surface area contributed by atoms with Crippen LogP contribution in [-0.2, 0) is 6.42 Å². The molecule has 0 fully saturated rings. The van der Waals surface area contributed by atoms with Crippen molar-refractivity contribution in [2.45, 2.75) is 13.3 Å². The number of fused-ring (bicyclic) bond motifs is 1. The van der Waals surface area contributed by atoms with E-state index in [1.54, 1.807) is 11.3 Å². The third-order valence-electron chi connectivity index (χ3n) is 2.42. The number of H-pyrrole nitrogens is 1. The molecule has 0 spiro atoms. The van der Waals surface area contributed by atoms with Crippen molar-refractivity contribution < 1.29 is 0 Å². The number of rotatable bonds is 2. The fourth-order valence-electron chi connectivity index (χ4n) is 1.72. The molecule has 0 atom stereocenters. The van der Waals surface area contributed by atoms with Crippen LogP contribution in [0, 0.1) is 6.92 Å². The Morgan fingerprint density at radius 3 is 2.88 bits per heavy atom. The molecule has 2 aromatic heterocycles. The van der Waals surface area contributed by atoms with Gasteiger partial charge < -0.3 is 4.98 Å². The molecule has 80 valence electrons. The number of imidazole rings is 1. The van der Waals surface area contributed by atoms with E-state index in [-0.39, 0.29) is 0 Å². The second-order valence-electron chi connectivity index (χ2n) is 3.76. The van der Waals surface area contributed by atoms with Gasteiger partial charge in [-0.25, -0.2) is 9.97 Å². The zero-order chi connectivity index (χ0) is 11.0. The number of aromatic nitrogens is 3. The molecule has 1 N–H and O–H groups in total. The molecule has 0 radical (unpaired) electrons. The lowest BCUT2D eigenvalue weighted by molar-refractivity contribution is 1.01. The Morgan fingerprint density at radius 2 is 2.12 bits per heavy atom. The first kappa shape index (κ1) is 9.54. The first-order chi connectivity index (χ1) is 7.81. The van der Waals surface area contributed by atoms with Crippen molar-refractivity contribution in [1.82, 2.24) is 15.0 Å². The van der Waals surface area contributed by atoms with Crippen LogP contribution in [0.5, 0.6) is 0 Å². The molecule has 16 heavy (non-hydrogen) atoms. The number of thiazole rings is 1.